The summed E-state index contributed by atoms with van der Waals surface area (Å²) in [6.45, 7) is 4.91. The number of methoxy groups -OCH3 is 1. The van der Waals surface area contributed by atoms with Gasteiger partial charge in [-0.25, -0.2) is 9.37 Å². The molecule has 3 aromatic rings. The van der Waals surface area contributed by atoms with E-state index in [9.17, 15) is 9.18 Å². The van der Waals surface area contributed by atoms with E-state index in [4.69, 9.17) is 16.2 Å². The largest absolute Gasteiger partial charge is 0.383 e. The lowest BCUT2D eigenvalue weighted by molar-refractivity contribution is 0.100. The second kappa shape index (κ2) is 10.7. The van der Waals surface area contributed by atoms with Crippen LogP contribution in [0, 0.1) is 5.82 Å². The molecule has 0 aliphatic carbocycles. The van der Waals surface area contributed by atoms with Gasteiger partial charge in [0.25, 0.3) is 5.91 Å². The van der Waals surface area contributed by atoms with E-state index in [0.29, 0.717) is 25.3 Å². The molecule has 3 rings (SSSR count). The number of hydrogen-bond donors (Lipinski definition) is 4. The highest BCUT2D eigenvalue weighted by Gasteiger charge is 2.20. The van der Waals surface area contributed by atoms with Crippen molar-refractivity contribution < 1.29 is 13.9 Å². The number of nitrogens with one attached hydrogen (secondary N) is 2. The van der Waals surface area contributed by atoms with Crippen molar-refractivity contribution in [1.82, 2.24) is 14.8 Å². The summed E-state index contributed by atoms with van der Waals surface area (Å²) >= 11 is 0. The summed E-state index contributed by atoms with van der Waals surface area (Å²) in [7, 11) is 5.47. The molecular formula is C23H33FN8O2. The van der Waals surface area contributed by atoms with Crippen LogP contribution in [0.5, 0.6) is 0 Å². The van der Waals surface area contributed by atoms with Gasteiger partial charge in [0.2, 0.25) is 0 Å². The Kier molecular flexibility index (Phi) is 7.90. The number of primary amides is 1. The van der Waals surface area contributed by atoms with E-state index in [1.54, 1.807) is 7.11 Å². The number of nitrogens with zero attached hydrogens (tertiary/aromatic N) is 4. The van der Waals surface area contributed by atoms with Gasteiger partial charge in [-0.3, -0.25) is 9.48 Å². The molecule has 6 N–H and O–H groups in total. The van der Waals surface area contributed by atoms with E-state index < -0.39 is 11.7 Å². The molecule has 2 atom stereocenters. The highest BCUT2D eigenvalue weighted by Crippen LogP contribution is 2.30. The summed E-state index contributed by atoms with van der Waals surface area (Å²) in [6.07, 6.45) is 0.677. The molecule has 0 aliphatic heterocycles. The molecule has 184 valence electrons. The predicted octanol–water partition coefficient (Wildman–Crippen LogP) is 2.66. The smallest absolute Gasteiger partial charge is 0.252 e. The number of benzene rings is 1. The van der Waals surface area contributed by atoms with Gasteiger partial charge in [-0.1, -0.05) is 6.92 Å². The number of nitrogens with two attached hydrogens (primary N) is 2. The highest BCUT2D eigenvalue weighted by atomic mass is 19.1. The Hall–Kier alpha value is -3.44. The second-order valence-electron chi connectivity index (χ2n) is 8.39. The van der Waals surface area contributed by atoms with Crippen LogP contribution >= 0.6 is 0 Å². The van der Waals surface area contributed by atoms with Crippen LogP contribution in [0.3, 0.4) is 0 Å². The summed E-state index contributed by atoms with van der Waals surface area (Å²) in [4.78, 5) is 18.3. The fourth-order valence-electron chi connectivity index (χ4n) is 3.71. The number of pyridine rings is 1. The Bertz CT molecular complexity index is 1160. The van der Waals surface area contributed by atoms with Crippen LogP contribution in [-0.2, 0) is 11.3 Å². The molecule has 1 aromatic carbocycles. The zero-order valence-corrected chi connectivity index (χ0v) is 20.2. The van der Waals surface area contributed by atoms with Crippen LogP contribution in [0.4, 0.5) is 27.5 Å². The number of carbonyl (C=O) groups is 1. The SMILES string of the molecule is CC[C@@H](Nc1nc(Nc2ccc3c(c2)c(N(C)C)nn3CCOC)c(C(N)=O)cc1F)[C@H](C)N. The van der Waals surface area contributed by atoms with Crippen molar-refractivity contribution in [3.63, 3.8) is 0 Å². The fourth-order valence-corrected chi connectivity index (χ4v) is 3.71. The van der Waals surface area contributed by atoms with Crippen LogP contribution in [-0.4, -0.2) is 60.6 Å². The molecule has 0 saturated heterocycles. The lowest BCUT2D eigenvalue weighted by Gasteiger charge is -2.22. The number of ether oxygens (including phenoxy) is 1. The van der Waals surface area contributed by atoms with Gasteiger partial charge in [0.1, 0.15) is 5.82 Å². The summed E-state index contributed by atoms with van der Waals surface area (Å²) in [6, 6.07) is 6.34. The second-order valence-corrected chi connectivity index (χ2v) is 8.39. The summed E-state index contributed by atoms with van der Waals surface area (Å²) in [5, 5.41) is 11.7. The number of halogens is 1. The van der Waals surface area contributed by atoms with Gasteiger partial charge < -0.3 is 31.7 Å². The Balaban J connectivity index is 2.03. The minimum absolute atomic E-state index is 0.000839. The molecule has 0 fully saturated rings. The van der Waals surface area contributed by atoms with E-state index >= 15 is 0 Å². The molecule has 2 aromatic heterocycles. The summed E-state index contributed by atoms with van der Waals surface area (Å²) < 4.78 is 21.8. The van der Waals surface area contributed by atoms with Gasteiger partial charge in [0.05, 0.1) is 24.2 Å². The molecule has 2 heterocycles. The number of carbonyl (C=O) groups excluding carboxylic acids is 1. The molecule has 0 bridgehead atoms. The third-order valence-corrected chi connectivity index (χ3v) is 5.56. The van der Waals surface area contributed by atoms with Crippen LogP contribution in [0.2, 0.25) is 0 Å². The van der Waals surface area contributed by atoms with Crippen molar-refractivity contribution in [3.8, 4) is 0 Å². The third-order valence-electron chi connectivity index (χ3n) is 5.56. The monoisotopic (exact) mass is 472 g/mol. The molecule has 11 heteroatoms. The van der Waals surface area contributed by atoms with E-state index in [-0.39, 0.29) is 29.3 Å². The number of anilines is 4. The molecule has 0 aliphatic rings. The normalized spacial score (nSPS) is 13.0. The lowest BCUT2D eigenvalue weighted by atomic mass is 10.1. The molecule has 10 nitrogen and oxygen atoms in total. The lowest BCUT2D eigenvalue weighted by Crippen LogP contribution is -2.38. The Morgan fingerprint density at radius 2 is 2.03 bits per heavy atom. The summed E-state index contributed by atoms with van der Waals surface area (Å²) in [5.41, 5.74) is 13.0. The van der Waals surface area contributed by atoms with Crippen molar-refractivity contribution in [2.45, 2.75) is 38.9 Å². The Morgan fingerprint density at radius 3 is 2.62 bits per heavy atom. The maximum Gasteiger partial charge on any atom is 0.252 e. The standard InChI is InChI=1S/C23H33FN8O2/c1-6-18(13(2)25)28-22-17(24)12-16(20(26)33)21(29-22)27-14-7-8-19-15(11-14)23(31(3)4)30-32(19)9-10-34-5/h7-8,11-13,18H,6,9-10,25H2,1-5H3,(H2,26,33)(H2,27,28,29)/t13-,18+/m0/s1. The fraction of sp³-hybridized carbons (Fsp3) is 0.435. The van der Waals surface area contributed by atoms with Crippen LogP contribution in [0.25, 0.3) is 10.9 Å². The average molecular weight is 473 g/mol. The van der Waals surface area contributed by atoms with Crippen LogP contribution in [0.1, 0.15) is 30.6 Å². The Labute approximate surface area is 198 Å². The number of rotatable bonds is 11. The van der Waals surface area contributed by atoms with E-state index in [1.807, 2.05) is 55.7 Å². The van der Waals surface area contributed by atoms with E-state index in [0.717, 1.165) is 22.8 Å². The van der Waals surface area contributed by atoms with Crippen molar-refractivity contribution in [2.75, 3.05) is 43.3 Å². The summed E-state index contributed by atoms with van der Waals surface area (Å²) in [5.74, 6) is -0.542. The molecule has 0 radical (unpaired) electrons. The number of fused-ring (bicyclic) bond motifs is 1. The van der Waals surface area contributed by atoms with Crippen LogP contribution < -0.4 is 27.0 Å². The predicted molar refractivity (Wildman–Crippen MR) is 133 cm³/mol. The number of hydrogen-bond acceptors (Lipinski definition) is 8. The quantitative estimate of drug-likeness (QED) is 0.334. The minimum Gasteiger partial charge on any atom is -0.383 e. The first-order valence-corrected chi connectivity index (χ1v) is 11.1. The first kappa shape index (κ1) is 25.2. The molecule has 1 amide bonds. The van der Waals surface area contributed by atoms with Crippen molar-refractivity contribution in [1.29, 1.82) is 0 Å². The Morgan fingerprint density at radius 1 is 1.29 bits per heavy atom. The zero-order chi connectivity index (χ0) is 25.0. The topological polar surface area (TPSA) is 136 Å². The molecule has 0 unspecified atom stereocenters. The first-order valence-electron chi connectivity index (χ1n) is 11.1. The average Bonchev–Trinajstić information content (AvgIpc) is 3.15. The van der Waals surface area contributed by atoms with Crippen molar-refractivity contribution in [2.24, 2.45) is 11.5 Å². The molecule has 0 spiro atoms. The van der Waals surface area contributed by atoms with E-state index in [1.165, 1.54) is 0 Å². The zero-order valence-electron chi connectivity index (χ0n) is 20.2. The third kappa shape index (κ3) is 5.37. The van der Waals surface area contributed by atoms with Crippen molar-refractivity contribution in [3.05, 3.63) is 35.6 Å². The maximum absolute atomic E-state index is 14.7. The van der Waals surface area contributed by atoms with Gasteiger partial charge in [0, 0.05) is 44.4 Å². The number of aromatic nitrogens is 3. The minimum atomic E-state index is -0.790. The molecule has 34 heavy (non-hydrogen) atoms. The number of amides is 1. The first-order chi connectivity index (χ1) is 16.2. The molecular weight excluding hydrogens is 439 g/mol. The van der Waals surface area contributed by atoms with Gasteiger partial charge in [0.15, 0.2) is 17.5 Å². The maximum atomic E-state index is 14.7. The molecule has 0 saturated carbocycles. The van der Waals surface area contributed by atoms with E-state index in [2.05, 4.69) is 20.7 Å². The van der Waals surface area contributed by atoms with Gasteiger partial charge in [-0.15, -0.1) is 0 Å². The van der Waals surface area contributed by atoms with Gasteiger partial charge in [-0.2, -0.15) is 5.10 Å². The van der Waals surface area contributed by atoms with Crippen LogP contribution in [0.15, 0.2) is 24.3 Å². The highest BCUT2D eigenvalue weighted by molar-refractivity contribution is 5.99. The van der Waals surface area contributed by atoms with Gasteiger partial charge >= 0.3 is 0 Å². The van der Waals surface area contributed by atoms with Crippen molar-refractivity contribution >= 4 is 40.0 Å². The van der Waals surface area contributed by atoms with Gasteiger partial charge in [-0.05, 0) is 37.6 Å².